The topological polar surface area (TPSA) is 261 Å². The van der Waals surface area contributed by atoms with Gasteiger partial charge in [-0.1, -0.05) is 105 Å². The molecule has 7 aliphatic rings. The van der Waals surface area contributed by atoms with Crippen molar-refractivity contribution in [2.75, 3.05) is 89.6 Å². The van der Waals surface area contributed by atoms with Crippen LogP contribution in [0.3, 0.4) is 0 Å². The molecule has 0 aromatic heterocycles. The second kappa shape index (κ2) is 35.9. The first kappa shape index (κ1) is 83.3. The molecule has 4 aliphatic carbocycles. The van der Waals surface area contributed by atoms with E-state index in [0.717, 1.165) is 35.5 Å². The number of alkyl halides is 5. The first-order valence-electron chi connectivity index (χ1n) is 37.6. The largest absolute Gasteiger partial charge is 0.397 e. The molecule has 0 aromatic carbocycles. The molecule has 2 unspecified atom stereocenters. The maximum Gasteiger partial charge on any atom is 0.397 e. The van der Waals surface area contributed by atoms with E-state index in [1.54, 1.807) is 26.8 Å². The van der Waals surface area contributed by atoms with Crippen molar-refractivity contribution >= 4 is 70.9 Å². The fraction of sp³-hybridized carbons (Fsp3) is 0.811. The minimum absolute atomic E-state index is 0.0230. The van der Waals surface area contributed by atoms with Crippen LogP contribution in [0.25, 0.3) is 0 Å². The van der Waals surface area contributed by atoms with Crippen LogP contribution < -0.4 is 10.6 Å². The Kier molecular flexibility index (Phi) is 29.0. The molecule has 2 saturated heterocycles. The molecule has 4 saturated carbocycles. The number of nitrogens with one attached hydrogen (secondary N) is 2. The van der Waals surface area contributed by atoms with Crippen LogP contribution in [0.15, 0.2) is 12.2 Å². The van der Waals surface area contributed by atoms with Gasteiger partial charge in [0.15, 0.2) is 0 Å². The third-order valence-electron chi connectivity index (χ3n) is 24.1. The van der Waals surface area contributed by atoms with E-state index in [9.17, 15) is 41.9 Å². The second-order valence-electron chi connectivity index (χ2n) is 31.5. The molecular formula is C74H117F5N12O12. The van der Waals surface area contributed by atoms with Crippen molar-refractivity contribution in [2.45, 2.75) is 255 Å². The highest BCUT2D eigenvalue weighted by atomic mass is 19.4. The molecular weight excluding hydrogens is 1340 g/mol. The number of carbonyl (C=O) groups is 12. The highest BCUT2D eigenvalue weighted by Crippen LogP contribution is 2.45. The average molecular weight is 1460 g/mol. The van der Waals surface area contributed by atoms with Gasteiger partial charge in [0.25, 0.3) is 0 Å². The Balaban J connectivity index is 1.31. The molecule has 12 amide bonds. The molecule has 1 spiro atoms. The van der Waals surface area contributed by atoms with Crippen LogP contribution in [0.4, 0.5) is 22.0 Å². The quantitative estimate of drug-likeness (QED) is 0.185. The summed E-state index contributed by atoms with van der Waals surface area (Å²) in [6, 6.07) is -10.3. The van der Waals surface area contributed by atoms with Crippen molar-refractivity contribution in [3.8, 4) is 0 Å². The lowest BCUT2D eigenvalue weighted by Gasteiger charge is -2.45. The molecule has 2 N–H and O–H groups in total. The van der Waals surface area contributed by atoms with Crippen LogP contribution in [-0.4, -0.2) is 282 Å². The van der Waals surface area contributed by atoms with Crippen molar-refractivity contribution < 1.29 is 79.5 Å². The summed E-state index contributed by atoms with van der Waals surface area (Å²) in [7, 11) is 12.8. The van der Waals surface area contributed by atoms with E-state index in [1.807, 2.05) is 13.0 Å². The molecule has 3 aliphatic heterocycles. The number of carbonyl (C=O) groups excluding carboxylic acids is 12. The van der Waals surface area contributed by atoms with E-state index in [1.165, 1.54) is 103 Å². The lowest BCUT2D eigenvalue weighted by molar-refractivity contribution is -0.219. The van der Waals surface area contributed by atoms with Gasteiger partial charge in [0, 0.05) is 76.5 Å². The Morgan fingerprint density at radius 3 is 1.83 bits per heavy atom. The standard InChI is InChI=1S/C74H117F5N12O12/c1-15-46(5)62-70(101)84(9)43-60(94)86(11)54-26-18-17-23-35-90(69(54)100)57(39-47-29-27-44(3)28-30-47)67(98)83(8)42-58(92)80-52(32-31-48-37-50(75)61(51(76)38-48)74(77,78)79)65(96)91-41-45(4)36-56(91)68(99)89(14)73(33-21-22-34-73)72(103)88(13)63(49-24-19-20-25-49)71(102)87(12)55(66(97)82(6)7)40-59(93)85(10)53(16-2)64(95)81-62/h17-18,44-57,61-63H,15-16,19-43H2,1-14H3,(H,80,92)(H,81,95)/b18-17-/t44?,45-,46+,47?,48?,50?,51?,52+,53+,54+,55+,56+,57+,61?,62+,63+/m1/s1. The van der Waals surface area contributed by atoms with Gasteiger partial charge >= 0.3 is 6.18 Å². The van der Waals surface area contributed by atoms with Gasteiger partial charge in [-0.05, 0) is 119 Å². The normalized spacial score (nSPS) is 32.9. The number of hydrogen-bond acceptors (Lipinski definition) is 12. The SMILES string of the molecule is CC[C@H](C)[C@@H]1NC(=O)[C@H](CC)N(C)C(=O)C[C@@H](C(=O)N(C)C)N(C)C(=O)[C@H](C2CCCC2)N(C)C(=O)C2(CCCC2)N(C)C(=O)[C@@H]2C[C@@H](C)CN2C(=O)[C@H](CCC2CC(F)C(C(F)(F)F)C(F)C2)NC(=O)CN(C)C(=O)[C@H](CC2CCC(C)CC2)N2CC/C=C\C[C@@H](C2=O)N(C)C(=O)CN(C)C1=O. The summed E-state index contributed by atoms with van der Waals surface area (Å²) in [6.45, 7) is 7.92. The van der Waals surface area contributed by atoms with Crippen molar-refractivity contribution in [1.82, 2.24) is 59.6 Å². The van der Waals surface area contributed by atoms with E-state index in [-0.39, 0.29) is 76.3 Å². The minimum Gasteiger partial charge on any atom is -0.347 e. The van der Waals surface area contributed by atoms with Crippen LogP contribution >= 0.6 is 0 Å². The van der Waals surface area contributed by atoms with Crippen molar-refractivity contribution in [3.63, 3.8) is 0 Å². The number of nitrogens with zero attached hydrogens (tertiary/aromatic N) is 10. The van der Waals surface area contributed by atoms with Crippen molar-refractivity contribution in [2.24, 2.45) is 41.4 Å². The molecule has 3 heterocycles. The Morgan fingerprint density at radius 1 is 0.631 bits per heavy atom. The molecule has 103 heavy (non-hydrogen) atoms. The van der Waals surface area contributed by atoms with Gasteiger partial charge in [0.1, 0.15) is 72.1 Å². The summed E-state index contributed by atoms with van der Waals surface area (Å²) < 4.78 is 72.8. The molecule has 24 nitrogen and oxygen atoms in total. The number of halogens is 5. The van der Waals surface area contributed by atoms with E-state index in [2.05, 4.69) is 17.6 Å². The Hall–Kier alpha value is -6.97. The van der Waals surface area contributed by atoms with Gasteiger partial charge in [-0.25, -0.2) is 8.78 Å². The van der Waals surface area contributed by atoms with Crippen molar-refractivity contribution in [1.29, 1.82) is 0 Å². The van der Waals surface area contributed by atoms with E-state index in [0.29, 0.717) is 57.3 Å². The highest BCUT2D eigenvalue weighted by molar-refractivity contribution is 6.01. The maximum absolute atomic E-state index is 15.8. The van der Waals surface area contributed by atoms with E-state index < -0.39 is 199 Å². The summed E-state index contributed by atoms with van der Waals surface area (Å²) >= 11 is 0. The van der Waals surface area contributed by atoms with E-state index in [4.69, 9.17) is 0 Å². The summed E-state index contributed by atoms with van der Waals surface area (Å²) in [5.74, 6) is -12.9. The molecule has 6 fully saturated rings. The number of amides is 12. The predicted molar refractivity (Wildman–Crippen MR) is 375 cm³/mol. The number of rotatable bonds is 10. The maximum atomic E-state index is 15.8. The van der Waals surface area contributed by atoms with Gasteiger partial charge in [-0.3, -0.25) is 57.5 Å². The number of fused-ring (bicyclic) bond motifs is 3. The third kappa shape index (κ3) is 19.4. The zero-order chi connectivity index (χ0) is 76.4. The monoisotopic (exact) mass is 1460 g/mol. The van der Waals surface area contributed by atoms with Crippen LogP contribution in [0.5, 0.6) is 0 Å². The molecule has 2 bridgehead atoms. The lowest BCUT2D eigenvalue weighted by Crippen LogP contribution is -2.65. The van der Waals surface area contributed by atoms with Gasteiger partial charge in [0.2, 0.25) is 70.9 Å². The van der Waals surface area contributed by atoms with Gasteiger partial charge in [0.05, 0.1) is 19.5 Å². The summed E-state index contributed by atoms with van der Waals surface area (Å²) in [4.78, 5) is 194. The Bertz CT molecular complexity index is 3070. The lowest BCUT2D eigenvalue weighted by atomic mass is 9.76. The molecule has 29 heteroatoms. The summed E-state index contributed by atoms with van der Waals surface area (Å²) in [5, 5.41) is 5.61. The molecule has 580 valence electrons. The average Bonchev–Trinajstić information content (AvgIpc) is 1.67. The number of hydrogen-bond donors (Lipinski definition) is 2. The molecule has 7 rings (SSSR count). The van der Waals surface area contributed by atoms with Crippen LogP contribution in [0, 0.1) is 41.4 Å². The Morgan fingerprint density at radius 2 is 1.24 bits per heavy atom. The summed E-state index contributed by atoms with van der Waals surface area (Å²) in [5.41, 5.74) is -1.58. The second-order valence-corrected chi connectivity index (χ2v) is 31.5. The van der Waals surface area contributed by atoms with Crippen LogP contribution in [-0.2, 0) is 57.5 Å². The number of likely N-dealkylation sites (N-methyl/N-ethyl adjacent to an activating group) is 8. The fourth-order valence-corrected chi connectivity index (χ4v) is 17.3. The zero-order valence-electron chi connectivity index (χ0n) is 63.3. The predicted octanol–water partition coefficient (Wildman–Crippen LogP) is 6.14. The first-order chi connectivity index (χ1) is 48.4. The smallest absolute Gasteiger partial charge is 0.347 e. The highest BCUT2D eigenvalue weighted by Gasteiger charge is 2.56. The van der Waals surface area contributed by atoms with Crippen LogP contribution in [0.1, 0.15) is 182 Å². The minimum atomic E-state index is -5.16. The summed E-state index contributed by atoms with van der Waals surface area (Å²) in [6.07, 6.45) is -1.31. The fourth-order valence-electron chi connectivity index (χ4n) is 17.3. The zero-order valence-corrected chi connectivity index (χ0v) is 63.3. The molecule has 0 radical (unpaired) electrons. The van der Waals surface area contributed by atoms with Crippen molar-refractivity contribution in [3.05, 3.63) is 12.2 Å². The Labute approximate surface area is 605 Å². The molecule has 12 atom stereocenters. The third-order valence-corrected chi connectivity index (χ3v) is 24.1. The van der Waals surface area contributed by atoms with Crippen LogP contribution in [0.2, 0.25) is 0 Å². The van der Waals surface area contributed by atoms with Gasteiger partial charge in [-0.15, -0.1) is 0 Å². The molecule has 0 aromatic rings. The first-order valence-corrected chi connectivity index (χ1v) is 37.6. The van der Waals surface area contributed by atoms with Gasteiger partial charge < -0.3 is 59.6 Å². The van der Waals surface area contributed by atoms with E-state index >= 15 is 37.5 Å². The van der Waals surface area contributed by atoms with Gasteiger partial charge in [-0.2, -0.15) is 13.2 Å².